The zero-order valence-electron chi connectivity index (χ0n) is 19.3. The van der Waals surface area contributed by atoms with E-state index in [0.717, 1.165) is 0 Å². The van der Waals surface area contributed by atoms with Crippen LogP contribution in [-0.4, -0.2) is 54.9 Å². The van der Waals surface area contributed by atoms with Crippen LogP contribution in [-0.2, 0) is 9.47 Å². The maximum Gasteiger partial charge on any atom is 0.338 e. The monoisotopic (exact) mass is 469 g/mol. The molecule has 1 amide bonds. The molecule has 1 aliphatic heterocycles. The summed E-state index contributed by atoms with van der Waals surface area (Å²) in [6, 6.07) is 8.20. The molecule has 0 aliphatic carbocycles. The van der Waals surface area contributed by atoms with Crippen molar-refractivity contribution in [2.45, 2.75) is 26.2 Å². The van der Waals surface area contributed by atoms with Gasteiger partial charge in [-0.05, 0) is 44.2 Å². The van der Waals surface area contributed by atoms with Gasteiger partial charge in [0.15, 0.2) is 6.29 Å². The van der Waals surface area contributed by atoms with Crippen molar-refractivity contribution in [1.29, 1.82) is 0 Å². The lowest BCUT2D eigenvalue weighted by atomic mass is 10.1. The molecule has 6 N–H and O–H groups in total. The molecule has 1 aromatic heterocycles. The summed E-state index contributed by atoms with van der Waals surface area (Å²) in [6.45, 7) is 4.10. The molecule has 1 unspecified atom stereocenters. The molecule has 180 valence electrons. The molecule has 0 bridgehead atoms. The van der Waals surface area contributed by atoms with Gasteiger partial charge in [-0.15, -0.1) is 0 Å². The first-order valence-corrected chi connectivity index (χ1v) is 10.5. The topological polar surface area (TPSA) is 159 Å². The van der Waals surface area contributed by atoms with Gasteiger partial charge in [0.05, 0.1) is 49.5 Å². The third-order valence-corrected chi connectivity index (χ3v) is 5.33. The number of benzene rings is 2. The number of ether oxygens (including phenoxy) is 3. The van der Waals surface area contributed by atoms with Crippen LogP contribution in [0.5, 0.6) is 5.75 Å². The molecule has 0 spiro atoms. The van der Waals surface area contributed by atoms with Gasteiger partial charge in [0.2, 0.25) is 11.9 Å². The van der Waals surface area contributed by atoms with Crippen LogP contribution in [0.2, 0.25) is 0 Å². The Morgan fingerprint density at radius 3 is 2.62 bits per heavy atom. The van der Waals surface area contributed by atoms with Gasteiger partial charge in [-0.1, -0.05) is 0 Å². The van der Waals surface area contributed by atoms with Gasteiger partial charge in [-0.2, -0.15) is 0 Å². The van der Waals surface area contributed by atoms with Crippen molar-refractivity contribution >= 4 is 40.2 Å². The Morgan fingerprint density at radius 2 is 1.97 bits per heavy atom. The number of methoxy groups -OCH3 is 2. The molecule has 12 nitrogen and oxygen atoms in total. The summed E-state index contributed by atoms with van der Waals surface area (Å²) < 4.78 is 17.8. The van der Waals surface area contributed by atoms with Crippen molar-refractivity contribution in [2.75, 3.05) is 37.0 Å². The van der Waals surface area contributed by atoms with Gasteiger partial charge in [-0.25, -0.2) is 19.5 Å². The third kappa shape index (κ3) is 4.04. The highest BCUT2D eigenvalue weighted by Gasteiger charge is 2.34. The molecule has 12 heteroatoms. The van der Waals surface area contributed by atoms with Gasteiger partial charge < -0.3 is 31.0 Å². The Morgan fingerprint density at radius 1 is 1.21 bits per heavy atom. The number of hydrogen-bond donors (Lipinski definition) is 4. The molecule has 0 saturated carbocycles. The van der Waals surface area contributed by atoms with Gasteiger partial charge in [0, 0.05) is 5.56 Å². The molecule has 0 saturated heterocycles. The molecule has 3 aromatic rings. The highest BCUT2D eigenvalue weighted by atomic mass is 16.5. The lowest BCUT2D eigenvalue weighted by molar-refractivity contribution is 0.0592. The molecule has 1 atom stereocenters. The molecular formula is C22H27N7O5. The molecular weight excluding hydrogens is 442 g/mol. The van der Waals surface area contributed by atoms with Crippen LogP contribution in [0.4, 0.5) is 17.3 Å². The number of imidazole rings is 1. The van der Waals surface area contributed by atoms with E-state index in [4.69, 9.17) is 25.7 Å². The number of amides is 1. The molecule has 34 heavy (non-hydrogen) atoms. The highest BCUT2D eigenvalue weighted by molar-refractivity contribution is 5.98. The smallest absolute Gasteiger partial charge is 0.338 e. The second kappa shape index (κ2) is 9.08. The quantitative estimate of drug-likeness (QED) is 0.281. The van der Waals surface area contributed by atoms with Crippen LogP contribution < -0.4 is 31.8 Å². The number of primary amides is 1. The number of fused-ring (bicyclic) bond motifs is 2. The fraction of sp³-hybridized carbons (Fsp3) is 0.318. The number of esters is 1. The first-order chi connectivity index (χ1) is 16.2. The average molecular weight is 470 g/mol. The Bertz CT molecular complexity index is 1260. The van der Waals surface area contributed by atoms with Crippen LogP contribution in [0.15, 0.2) is 30.3 Å². The van der Waals surface area contributed by atoms with Crippen molar-refractivity contribution < 1.29 is 23.8 Å². The second-order valence-electron chi connectivity index (χ2n) is 7.87. The van der Waals surface area contributed by atoms with E-state index in [1.54, 1.807) is 35.0 Å². The van der Waals surface area contributed by atoms with Gasteiger partial charge in [-0.3, -0.25) is 10.1 Å². The van der Waals surface area contributed by atoms with E-state index in [2.05, 4.69) is 15.6 Å². The first kappa shape index (κ1) is 23.1. The zero-order chi connectivity index (χ0) is 24.6. The number of anilines is 3. The van der Waals surface area contributed by atoms with E-state index in [-0.39, 0.29) is 24.3 Å². The zero-order valence-corrected chi connectivity index (χ0v) is 19.3. The average Bonchev–Trinajstić information content (AvgIpc) is 3.32. The van der Waals surface area contributed by atoms with Crippen LogP contribution in [0.25, 0.3) is 11.0 Å². The summed E-state index contributed by atoms with van der Waals surface area (Å²) in [5.41, 5.74) is 14.8. The summed E-state index contributed by atoms with van der Waals surface area (Å²) in [6.07, 6.45) is -0.510. The van der Waals surface area contributed by atoms with Crippen LogP contribution in [0.3, 0.4) is 0 Å². The van der Waals surface area contributed by atoms with Gasteiger partial charge in [0.1, 0.15) is 11.3 Å². The maximum atomic E-state index is 12.1. The summed E-state index contributed by atoms with van der Waals surface area (Å²) in [5.74, 6) is -0.534. The Labute approximate surface area is 195 Å². The number of nitrogens with zero attached hydrogens (tertiary/aromatic N) is 3. The lowest BCUT2D eigenvalue weighted by Gasteiger charge is -2.29. The van der Waals surface area contributed by atoms with Crippen molar-refractivity contribution in [1.82, 2.24) is 15.0 Å². The second-order valence-corrected chi connectivity index (χ2v) is 7.87. The number of nitrogens with two attached hydrogens (primary N) is 2. The standard InChI is InChI=1S/C22H27N7O5/c1-11(2)34-10-25-22-27-14-7-12(19(23)30)5-6-16(14)28(22)29-18-15(26-21(29)24)8-13(20(31)33-4)9-17(18)32-3/h5-9,11,22,25,27H,10H2,1-4H3,(H2,23,30)(H2,24,26). The number of aromatic nitrogens is 2. The third-order valence-electron chi connectivity index (χ3n) is 5.33. The van der Waals surface area contributed by atoms with Crippen molar-refractivity contribution in [3.63, 3.8) is 0 Å². The number of nitrogen functional groups attached to an aromatic ring is 1. The number of carbonyl (C=O) groups excluding carboxylic acids is 2. The minimum absolute atomic E-state index is 0.0159. The number of nitrogens with one attached hydrogen (secondary N) is 2. The largest absolute Gasteiger partial charge is 0.494 e. The first-order valence-electron chi connectivity index (χ1n) is 10.5. The molecule has 4 rings (SSSR count). The van der Waals surface area contributed by atoms with Crippen molar-refractivity contribution in [3.8, 4) is 5.75 Å². The Kier molecular flexibility index (Phi) is 6.18. The van der Waals surface area contributed by atoms with Crippen LogP contribution in [0, 0.1) is 0 Å². The van der Waals surface area contributed by atoms with Crippen molar-refractivity contribution in [2.24, 2.45) is 5.73 Å². The molecule has 1 aliphatic rings. The molecule has 2 heterocycles. The highest BCUT2D eigenvalue weighted by Crippen LogP contribution is 2.39. The summed E-state index contributed by atoms with van der Waals surface area (Å²) in [7, 11) is 2.79. The Hall–Kier alpha value is -4.03. The predicted molar refractivity (Wildman–Crippen MR) is 127 cm³/mol. The number of carbonyl (C=O) groups is 2. The summed E-state index contributed by atoms with van der Waals surface area (Å²) in [5, 5.41) is 8.42. The predicted octanol–water partition coefficient (Wildman–Crippen LogP) is 1.46. The normalized spacial score (nSPS) is 14.9. The maximum absolute atomic E-state index is 12.1. The minimum atomic E-state index is -0.541. The minimum Gasteiger partial charge on any atom is -0.494 e. The van der Waals surface area contributed by atoms with Gasteiger partial charge in [0.25, 0.3) is 0 Å². The van der Waals surface area contributed by atoms with E-state index in [9.17, 15) is 9.59 Å². The van der Waals surface area contributed by atoms with Crippen LogP contribution >= 0.6 is 0 Å². The summed E-state index contributed by atoms with van der Waals surface area (Å²) in [4.78, 5) is 28.3. The number of hydrogen-bond acceptors (Lipinski definition) is 10. The SMILES string of the molecule is COC(=O)c1cc(OC)c2c(c1)nc(N)n2N1c2ccc(C(N)=O)cc2NC1NCOC(C)C. The molecule has 0 fully saturated rings. The van der Waals surface area contributed by atoms with E-state index in [1.807, 2.05) is 18.9 Å². The fourth-order valence-corrected chi connectivity index (χ4v) is 3.79. The summed E-state index contributed by atoms with van der Waals surface area (Å²) >= 11 is 0. The van der Waals surface area contributed by atoms with E-state index < -0.39 is 18.2 Å². The molecule has 0 radical (unpaired) electrons. The van der Waals surface area contributed by atoms with Crippen molar-refractivity contribution in [3.05, 3.63) is 41.5 Å². The lowest BCUT2D eigenvalue weighted by Crippen LogP contribution is -2.50. The molecule has 2 aromatic carbocycles. The van der Waals surface area contributed by atoms with E-state index in [1.165, 1.54) is 14.2 Å². The van der Waals surface area contributed by atoms with E-state index in [0.29, 0.717) is 33.7 Å². The fourth-order valence-electron chi connectivity index (χ4n) is 3.79. The Balaban J connectivity index is 1.87. The number of rotatable bonds is 8. The van der Waals surface area contributed by atoms with E-state index >= 15 is 0 Å². The van der Waals surface area contributed by atoms with Gasteiger partial charge >= 0.3 is 5.97 Å². The van der Waals surface area contributed by atoms with Crippen LogP contribution in [0.1, 0.15) is 34.6 Å².